The summed E-state index contributed by atoms with van der Waals surface area (Å²) in [4.78, 5) is 19.7. The van der Waals surface area contributed by atoms with Crippen LogP contribution in [-0.4, -0.2) is 42.6 Å². The lowest BCUT2D eigenvalue weighted by atomic mass is 10.3. The van der Waals surface area contributed by atoms with E-state index in [1.165, 1.54) is 13.4 Å². The summed E-state index contributed by atoms with van der Waals surface area (Å²) in [5.74, 6) is 1.44. The second-order valence-corrected chi connectivity index (χ2v) is 3.61. The minimum Gasteiger partial charge on any atom is -0.490 e. The molecule has 0 aliphatic rings. The Kier molecular flexibility index (Phi) is 5.16. The Morgan fingerprint density at radius 3 is 2.67 bits per heavy atom. The molecule has 0 aromatic carbocycles. The molecule has 0 saturated carbocycles. The Labute approximate surface area is 106 Å². The van der Waals surface area contributed by atoms with Gasteiger partial charge in [0.15, 0.2) is 11.6 Å². The number of nitrogens with one attached hydrogen (secondary N) is 3. The molecule has 1 aromatic heterocycles. The first kappa shape index (κ1) is 14.0. The van der Waals surface area contributed by atoms with Gasteiger partial charge in [0, 0.05) is 13.6 Å². The first-order valence-corrected chi connectivity index (χ1v) is 5.75. The van der Waals surface area contributed by atoms with E-state index in [0.717, 1.165) is 0 Å². The van der Waals surface area contributed by atoms with Gasteiger partial charge in [-0.15, -0.1) is 0 Å². The van der Waals surface area contributed by atoms with E-state index in [-0.39, 0.29) is 5.91 Å². The number of rotatable bonds is 6. The highest BCUT2D eigenvalue weighted by atomic mass is 16.5. The zero-order chi connectivity index (χ0) is 13.5. The summed E-state index contributed by atoms with van der Waals surface area (Å²) in [6, 6.07) is -0.404. The molecule has 0 spiro atoms. The second-order valence-electron chi connectivity index (χ2n) is 3.61. The van der Waals surface area contributed by atoms with Crippen molar-refractivity contribution in [3.8, 4) is 5.75 Å². The van der Waals surface area contributed by atoms with Gasteiger partial charge < -0.3 is 20.7 Å². The average Bonchev–Trinajstić information content (AvgIpc) is 2.38. The molecule has 0 bridgehead atoms. The van der Waals surface area contributed by atoms with Gasteiger partial charge in [-0.05, 0) is 13.8 Å². The number of nitrogens with zero attached hydrogens (tertiary/aromatic N) is 2. The molecule has 1 atom stereocenters. The number of hydrogen-bond acceptors (Lipinski definition) is 6. The second kappa shape index (κ2) is 6.63. The number of carbonyl (C=O) groups is 1. The van der Waals surface area contributed by atoms with Crippen molar-refractivity contribution in [2.75, 3.05) is 31.3 Å². The number of ether oxygens (including phenoxy) is 1. The van der Waals surface area contributed by atoms with Crippen LogP contribution in [-0.2, 0) is 4.79 Å². The van der Waals surface area contributed by atoms with Crippen LogP contribution in [0.5, 0.6) is 5.75 Å². The van der Waals surface area contributed by atoms with Gasteiger partial charge in [-0.1, -0.05) is 0 Å². The van der Waals surface area contributed by atoms with Crippen molar-refractivity contribution in [1.29, 1.82) is 0 Å². The lowest BCUT2D eigenvalue weighted by molar-refractivity contribution is -0.121. The van der Waals surface area contributed by atoms with Crippen LogP contribution in [0.15, 0.2) is 6.33 Å². The monoisotopic (exact) mass is 253 g/mol. The van der Waals surface area contributed by atoms with Crippen LogP contribution in [0.1, 0.15) is 13.8 Å². The Morgan fingerprint density at radius 2 is 2.11 bits per heavy atom. The van der Waals surface area contributed by atoms with E-state index in [0.29, 0.717) is 23.9 Å². The summed E-state index contributed by atoms with van der Waals surface area (Å²) < 4.78 is 5.23. The first-order valence-electron chi connectivity index (χ1n) is 5.75. The molecule has 1 rings (SSSR count). The molecule has 1 aromatic rings. The van der Waals surface area contributed by atoms with Crippen molar-refractivity contribution in [1.82, 2.24) is 15.3 Å². The van der Waals surface area contributed by atoms with Crippen LogP contribution in [0.2, 0.25) is 0 Å². The summed E-state index contributed by atoms with van der Waals surface area (Å²) in [6.07, 6.45) is 1.40. The van der Waals surface area contributed by atoms with Crippen LogP contribution in [0.4, 0.5) is 11.6 Å². The fourth-order valence-corrected chi connectivity index (χ4v) is 1.45. The summed E-state index contributed by atoms with van der Waals surface area (Å²) in [5.41, 5.74) is 0. The lowest BCUT2D eigenvalue weighted by Gasteiger charge is -2.17. The fourth-order valence-electron chi connectivity index (χ4n) is 1.45. The Balaban J connectivity index is 2.87. The maximum absolute atomic E-state index is 11.6. The van der Waals surface area contributed by atoms with E-state index < -0.39 is 6.04 Å². The molecular formula is C11H19N5O2. The largest absolute Gasteiger partial charge is 0.490 e. The number of methoxy groups -OCH3 is 1. The Morgan fingerprint density at radius 1 is 1.44 bits per heavy atom. The van der Waals surface area contributed by atoms with E-state index in [1.807, 2.05) is 6.92 Å². The zero-order valence-electron chi connectivity index (χ0n) is 11.1. The third kappa shape index (κ3) is 3.22. The first-order chi connectivity index (χ1) is 8.63. The van der Waals surface area contributed by atoms with Gasteiger partial charge in [0.1, 0.15) is 12.4 Å². The standard InChI is InChI=1S/C11H19N5O2/c1-5-13-11(17)7(2)16-10-8(18-4)9(12-3)14-6-15-10/h6-7H,5H2,1-4H3,(H,13,17)(H2,12,14,15,16). The number of hydrogen-bond donors (Lipinski definition) is 3. The molecule has 0 fully saturated rings. The van der Waals surface area contributed by atoms with Gasteiger partial charge in [-0.3, -0.25) is 4.79 Å². The van der Waals surface area contributed by atoms with E-state index in [1.54, 1.807) is 14.0 Å². The fraction of sp³-hybridized carbons (Fsp3) is 0.545. The van der Waals surface area contributed by atoms with E-state index >= 15 is 0 Å². The molecule has 0 radical (unpaired) electrons. The van der Waals surface area contributed by atoms with E-state index in [4.69, 9.17) is 4.74 Å². The summed E-state index contributed by atoms with van der Waals surface area (Å²) in [6.45, 7) is 4.22. The van der Waals surface area contributed by atoms with E-state index in [2.05, 4.69) is 25.9 Å². The molecular weight excluding hydrogens is 234 g/mol. The van der Waals surface area contributed by atoms with E-state index in [9.17, 15) is 4.79 Å². The Hall–Kier alpha value is -2.05. The quantitative estimate of drug-likeness (QED) is 0.682. The van der Waals surface area contributed by atoms with Crippen LogP contribution in [0.3, 0.4) is 0 Å². The van der Waals surface area contributed by atoms with Crippen molar-refractivity contribution >= 4 is 17.5 Å². The van der Waals surface area contributed by atoms with Crippen molar-refractivity contribution < 1.29 is 9.53 Å². The maximum atomic E-state index is 11.6. The van der Waals surface area contributed by atoms with Gasteiger partial charge >= 0.3 is 0 Å². The van der Waals surface area contributed by atoms with Crippen LogP contribution >= 0.6 is 0 Å². The predicted octanol–water partition coefficient (Wildman–Crippen LogP) is 0.463. The average molecular weight is 253 g/mol. The molecule has 1 amide bonds. The van der Waals surface area contributed by atoms with Gasteiger partial charge in [-0.2, -0.15) is 0 Å². The number of likely N-dealkylation sites (N-methyl/N-ethyl adjacent to an activating group) is 1. The zero-order valence-corrected chi connectivity index (χ0v) is 11.1. The Bertz CT molecular complexity index is 410. The van der Waals surface area contributed by atoms with Crippen LogP contribution in [0.25, 0.3) is 0 Å². The molecule has 1 heterocycles. The van der Waals surface area contributed by atoms with Crippen molar-refractivity contribution in [3.05, 3.63) is 6.33 Å². The highest BCUT2D eigenvalue weighted by molar-refractivity contribution is 5.84. The molecule has 0 aliphatic heterocycles. The molecule has 7 heteroatoms. The van der Waals surface area contributed by atoms with Crippen LogP contribution in [0, 0.1) is 0 Å². The SMILES string of the molecule is CCNC(=O)C(C)Nc1ncnc(NC)c1OC. The highest BCUT2D eigenvalue weighted by Gasteiger charge is 2.17. The molecule has 3 N–H and O–H groups in total. The minimum atomic E-state index is -0.404. The van der Waals surface area contributed by atoms with Gasteiger partial charge in [0.25, 0.3) is 0 Å². The minimum absolute atomic E-state index is 0.0934. The smallest absolute Gasteiger partial charge is 0.242 e. The molecule has 0 aliphatic carbocycles. The normalized spacial score (nSPS) is 11.6. The topological polar surface area (TPSA) is 88.2 Å². The maximum Gasteiger partial charge on any atom is 0.242 e. The molecule has 18 heavy (non-hydrogen) atoms. The highest BCUT2D eigenvalue weighted by Crippen LogP contribution is 2.28. The van der Waals surface area contributed by atoms with Crippen molar-refractivity contribution in [3.63, 3.8) is 0 Å². The van der Waals surface area contributed by atoms with Crippen molar-refractivity contribution in [2.24, 2.45) is 0 Å². The lowest BCUT2D eigenvalue weighted by Crippen LogP contribution is -2.37. The molecule has 1 unspecified atom stereocenters. The third-order valence-corrected chi connectivity index (χ3v) is 2.34. The van der Waals surface area contributed by atoms with Gasteiger partial charge in [0.05, 0.1) is 7.11 Å². The summed E-state index contributed by atoms with van der Waals surface area (Å²) in [5, 5.41) is 8.62. The van der Waals surface area contributed by atoms with Gasteiger partial charge in [-0.25, -0.2) is 9.97 Å². The number of aromatic nitrogens is 2. The number of anilines is 2. The molecule has 100 valence electrons. The van der Waals surface area contributed by atoms with Crippen molar-refractivity contribution in [2.45, 2.75) is 19.9 Å². The third-order valence-electron chi connectivity index (χ3n) is 2.34. The summed E-state index contributed by atoms with van der Waals surface area (Å²) >= 11 is 0. The summed E-state index contributed by atoms with van der Waals surface area (Å²) in [7, 11) is 3.27. The molecule has 0 saturated heterocycles. The van der Waals surface area contributed by atoms with Crippen LogP contribution < -0.4 is 20.7 Å². The molecule has 7 nitrogen and oxygen atoms in total. The number of carbonyl (C=O) groups excluding carboxylic acids is 1. The number of amides is 1. The van der Waals surface area contributed by atoms with Gasteiger partial charge in [0.2, 0.25) is 11.7 Å². The predicted molar refractivity (Wildman–Crippen MR) is 69.9 cm³/mol.